The van der Waals surface area contributed by atoms with Gasteiger partial charge >= 0.3 is 51.4 Å². The number of nitrogens with two attached hydrogens (primary N) is 2. The molecule has 5 unspecified atom stereocenters. The van der Waals surface area contributed by atoms with Crippen LogP contribution in [0.4, 0.5) is 0 Å². The van der Waals surface area contributed by atoms with E-state index in [0.29, 0.717) is 6.54 Å². The maximum atomic E-state index is 10.3. The van der Waals surface area contributed by atoms with Crippen molar-refractivity contribution in [3.8, 4) is 0 Å². The molecule has 0 saturated carbocycles. The van der Waals surface area contributed by atoms with Crippen molar-refractivity contribution in [2.75, 3.05) is 6.54 Å². The van der Waals surface area contributed by atoms with E-state index in [4.69, 9.17) is 50.6 Å². The Labute approximate surface area is 278 Å². The summed E-state index contributed by atoms with van der Waals surface area (Å²) >= 11 is 0. The molecule has 0 fully saturated rings. The maximum Gasteiger partial charge on any atom is 4.00 e. The fraction of sp³-hybridized carbons (Fsp3) is 0.789. The molecule has 0 aliphatic carbocycles. The molecule has 0 aromatic rings. The smallest absolute Gasteiger partial charge is 0.549 e. The first-order chi connectivity index (χ1) is 19.8. The Morgan fingerprint density at radius 3 is 0.630 bits per heavy atom. The van der Waals surface area contributed by atoms with Gasteiger partial charge in [-0.2, -0.15) is 0 Å². The van der Waals surface area contributed by atoms with Crippen LogP contribution in [0.5, 0.6) is 0 Å². The minimum Gasteiger partial charge on any atom is -0.549 e. The third kappa shape index (κ3) is 31.7. The van der Waals surface area contributed by atoms with Crippen LogP contribution in [0.25, 0.3) is 0 Å². The van der Waals surface area contributed by atoms with E-state index in [9.17, 15) is 57.9 Å². The first-order valence-corrected chi connectivity index (χ1v) is 19.1. The number of carbonyl (C=O) groups excluding carboxylic acids is 4. The van der Waals surface area contributed by atoms with Crippen molar-refractivity contribution in [2.45, 2.75) is 89.0 Å². The van der Waals surface area contributed by atoms with Gasteiger partial charge in [-0.1, -0.05) is 27.7 Å². The molecule has 0 radical (unpaired) electrons. The molecule has 278 valence electrons. The maximum absolute atomic E-state index is 10.3. The van der Waals surface area contributed by atoms with Crippen LogP contribution in [-0.2, 0) is 58.5 Å². The van der Waals surface area contributed by atoms with Gasteiger partial charge in [0.1, 0.15) is 22.6 Å². The zero-order chi connectivity index (χ0) is 37.7. The van der Waals surface area contributed by atoms with Crippen LogP contribution in [0.2, 0.25) is 0 Å². The van der Waals surface area contributed by atoms with Crippen molar-refractivity contribution in [2.24, 2.45) is 11.5 Å². The number of carboxylic acid groups (broad SMARTS) is 4. The van der Waals surface area contributed by atoms with E-state index >= 15 is 0 Å². The van der Waals surface area contributed by atoms with Gasteiger partial charge < -0.3 is 90.2 Å². The molecule has 0 spiro atoms. The summed E-state index contributed by atoms with van der Waals surface area (Å²) in [7, 11) is -18.0. The Morgan fingerprint density at radius 1 is 0.522 bits per heavy atom. The standard InChI is InChI=1S/4C4H9O5P.C3H10N2.Pt/c4*1-2-3(4(5)6)10(7,8)9;1-3(5)2-4;/h4*3H,2H2,1H3,(H,5,6)(H2,7,8,9);3H,2,4-5H2,1H3;/q;;;;;+4/p-4. The SMILES string of the molecule is CC(N)CN.CCC(C(=O)[O-])P(=O)(O)O.CCC(C(=O)[O-])P(=O)(O)O.CCC(C(=O)[O-])P(=O)(O)O.CCC(C(=O)[O-])P(=O)(O)O.[Pt+4]. The summed E-state index contributed by atoms with van der Waals surface area (Å²) in [6.07, 6.45) is -0.474. The Hall–Kier alpha value is -0.912. The number of rotatable bonds is 13. The van der Waals surface area contributed by atoms with Crippen molar-refractivity contribution in [1.29, 1.82) is 0 Å². The van der Waals surface area contributed by atoms with Crippen LogP contribution in [-0.4, -0.2) is 98.2 Å². The molecular weight excluding hydrogens is 895 g/mol. The van der Waals surface area contributed by atoms with Crippen LogP contribution >= 0.6 is 30.4 Å². The van der Waals surface area contributed by atoms with E-state index in [-0.39, 0.29) is 52.8 Å². The fourth-order valence-electron chi connectivity index (χ4n) is 2.17. The molecule has 0 rings (SSSR count). The van der Waals surface area contributed by atoms with Crippen molar-refractivity contribution >= 4 is 54.3 Å². The first-order valence-electron chi connectivity index (χ1n) is 12.3. The normalized spacial score (nSPS) is 14.4. The molecule has 0 aromatic carbocycles. The van der Waals surface area contributed by atoms with Gasteiger partial charge in [-0.25, -0.2) is 0 Å². The van der Waals surface area contributed by atoms with Crippen LogP contribution in [0, 0.1) is 0 Å². The summed E-state index contributed by atoms with van der Waals surface area (Å²) in [5, 5.41) is 39.9. The van der Waals surface area contributed by atoms with Gasteiger partial charge in [0, 0.05) is 12.6 Å². The average molecular weight is 938 g/mol. The molecule has 0 bridgehead atoms. The third-order valence-corrected chi connectivity index (χ3v) is 10.2. The van der Waals surface area contributed by atoms with Crippen molar-refractivity contribution in [3.05, 3.63) is 0 Å². The fourth-order valence-corrected chi connectivity index (χ4v) is 5.17. The Kier molecular flexibility index (Phi) is 33.6. The Morgan fingerprint density at radius 2 is 0.630 bits per heavy atom. The van der Waals surface area contributed by atoms with Crippen molar-refractivity contribution in [1.82, 2.24) is 0 Å². The minimum atomic E-state index is -4.49. The van der Waals surface area contributed by atoms with E-state index in [1.54, 1.807) is 0 Å². The Balaban J connectivity index is -0.000000110. The van der Waals surface area contributed by atoms with Crippen LogP contribution < -0.4 is 31.9 Å². The van der Waals surface area contributed by atoms with Crippen LogP contribution in [0.1, 0.15) is 60.3 Å². The van der Waals surface area contributed by atoms with Gasteiger partial charge in [0.15, 0.2) is 0 Å². The zero-order valence-corrected chi connectivity index (χ0v) is 31.0. The van der Waals surface area contributed by atoms with Gasteiger partial charge in [0.05, 0.1) is 23.9 Å². The molecule has 0 saturated heterocycles. The predicted molar refractivity (Wildman–Crippen MR) is 147 cm³/mol. The predicted octanol–water partition coefficient (Wildman–Crippen LogP) is -5.94. The molecule has 0 heterocycles. The van der Waals surface area contributed by atoms with E-state index < -0.39 is 76.9 Å². The molecule has 27 heteroatoms. The monoisotopic (exact) mass is 937 g/mol. The molecule has 12 N–H and O–H groups in total. The first kappa shape index (κ1) is 57.4. The minimum absolute atomic E-state index is 0. The third-order valence-electron chi connectivity index (χ3n) is 4.63. The van der Waals surface area contributed by atoms with E-state index in [0.717, 1.165) is 0 Å². The molecular formula is C19H42N2O20P4Pt. The quantitative estimate of drug-likeness (QED) is 0.0769. The average Bonchev–Trinajstić information content (AvgIpc) is 2.77. The second-order valence-corrected chi connectivity index (χ2v) is 15.7. The van der Waals surface area contributed by atoms with E-state index in [1.165, 1.54) is 27.7 Å². The van der Waals surface area contributed by atoms with Gasteiger partial charge in [-0.05, 0) is 32.6 Å². The largest absolute Gasteiger partial charge is 4.00 e. The second kappa shape index (κ2) is 27.0. The second-order valence-electron chi connectivity index (χ2n) is 8.54. The summed E-state index contributed by atoms with van der Waals surface area (Å²) < 4.78 is 41.1. The number of aliphatic carboxylic acids is 4. The number of hydrogen-bond acceptors (Lipinski definition) is 14. The van der Waals surface area contributed by atoms with Crippen LogP contribution in [0.3, 0.4) is 0 Å². The van der Waals surface area contributed by atoms with Gasteiger partial charge in [0.25, 0.3) is 0 Å². The van der Waals surface area contributed by atoms with Gasteiger partial charge in [-0.3, -0.25) is 18.3 Å². The summed E-state index contributed by atoms with van der Waals surface area (Å²) in [6.45, 7) is 7.96. The summed E-state index contributed by atoms with van der Waals surface area (Å²) in [5.41, 5.74) is 3.57. The van der Waals surface area contributed by atoms with Crippen LogP contribution in [0.15, 0.2) is 0 Å². The van der Waals surface area contributed by atoms with Gasteiger partial charge in [-0.15, -0.1) is 0 Å². The molecule has 5 atom stereocenters. The Bertz CT molecular complexity index is 925. The summed E-state index contributed by atoms with van der Waals surface area (Å²) in [6, 6.07) is 0.162. The molecule has 0 amide bonds. The molecule has 46 heavy (non-hydrogen) atoms. The van der Waals surface area contributed by atoms with Gasteiger partial charge in [0.2, 0.25) is 0 Å². The van der Waals surface area contributed by atoms with E-state index in [1.807, 2.05) is 6.92 Å². The van der Waals surface area contributed by atoms with Crippen molar-refractivity contribution < 1.29 is 118 Å². The topological polar surface area (TPSA) is 443 Å². The number of carboxylic acids is 4. The number of hydrogen-bond donors (Lipinski definition) is 10. The summed E-state index contributed by atoms with van der Waals surface area (Å²) in [5.74, 6) is -6.79. The molecule has 22 nitrogen and oxygen atoms in total. The number of carbonyl (C=O) groups is 4. The zero-order valence-electron chi connectivity index (χ0n) is 25.2. The van der Waals surface area contributed by atoms with Crippen molar-refractivity contribution in [3.63, 3.8) is 0 Å². The molecule has 0 aliphatic rings. The molecule has 0 aromatic heterocycles. The van der Waals surface area contributed by atoms with E-state index in [2.05, 4.69) is 0 Å². The summed E-state index contributed by atoms with van der Waals surface area (Å²) in [4.78, 5) is 107. The molecule has 0 aliphatic heterocycles.